The standard InChI is InChI=1S/C11H16N8O2/c12-10(16-11(17-13)18-19-14)15-4-3-7-1-2-8-9(5-7)21-6-20-8/h1-2,5H,3-4,6,13H2,(H5,12,14,15,16,17,18). The molecule has 2 rings (SSSR count). The van der Waals surface area contributed by atoms with Crippen LogP contribution in [0.4, 0.5) is 0 Å². The molecule has 1 aliphatic heterocycles. The number of aliphatic imine (C=N–C) groups is 2. The first-order valence-electron chi connectivity index (χ1n) is 6.07. The highest BCUT2D eigenvalue weighted by Gasteiger charge is 2.12. The summed E-state index contributed by atoms with van der Waals surface area (Å²) >= 11 is 0. The molecule has 10 heteroatoms. The molecule has 1 aliphatic rings. The van der Waals surface area contributed by atoms with Crippen molar-refractivity contribution in [1.82, 2.24) is 5.43 Å². The van der Waals surface area contributed by atoms with Crippen molar-refractivity contribution < 1.29 is 9.47 Å². The lowest BCUT2D eigenvalue weighted by molar-refractivity contribution is 0.174. The van der Waals surface area contributed by atoms with Gasteiger partial charge in [-0.1, -0.05) is 16.4 Å². The summed E-state index contributed by atoms with van der Waals surface area (Å²) in [7, 11) is 0. The van der Waals surface area contributed by atoms with Crippen LogP contribution in [0.5, 0.6) is 11.5 Å². The Morgan fingerprint density at radius 2 is 2.10 bits per heavy atom. The van der Waals surface area contributed by atoms with E-state index in [1.807, 2.05) is 18.2 Å². The average Bonchev–Trinajstić information content (AvgIpc) is 2.94. The van der Waals surface area contributed by atoms with Gasteiger partial charge in [-0.3, -0.25) is 10.4 Å². The Hall–Kier alpha value is -2.88. The fraction of sp³-hybridized carbons (Fsp3) is 0.273. The van der Waals surface area contributed by atoms with Gasteiger partial charge in [-0.2, -0.15) is 4.99 Å². The maximum atomic E-state index is 5.61. The van der Waals surface area contributed by atoms with Gasteiger partial charge in [0, 0.05) is 6.54 Å². The minimum Gasteiger partial charge on any atom is -0.454 e. The maximum absolute atomic E-state index is 5.61. The van der Waals surface area contributed by atoms with E-state index in [2.05, 4.69) is 25.7 Å². The topological polar surface area (TPSA) is 158 Å². The fourth-order valence-electron chi connectivity index (χ4n) is 1.68. The smallest absolute Gasteiger partial charge is 0.261 e. The zero-order valence-electron chi connectivity index (χ0n) is 11.2. The molecule has 0 aliphatic carbocycles. The first-order chi connectivity index (χ1) is 10.2. The van der Waals surface area contributed by atoms with Gasteiger partial charge in [-0.25, -0.2) is 5.84 Å². The number of ether oxygens (including phenoxy) is 2. The van der Waals surface area contributed by atoms with E-state index in [1.54, 1.807) is 0 Å². The highest BCUT2D eigenvalue weighted by Crippen LogP contribution is 2.32. The number of hydrazine groups is 1. The molecule has 0 unspecified atom stereocenters. The van der Waals surface area contributed by atoms with Crippen LogP contribution in [0.15, 0.2) is 38.5 Å². The molecule has 0 atom stereocenters. The Balaban J connectivity index is 1.92. The summed E-state index contributed by atoms with van der Waals surface area (Å²) in [5.41, 5.74) is 8.86. The Bertz CT molecular complexity index is 584. The first kappa shape index (κ1) is 14.5. The van der Waals surface area contributed by atoms with Crippen LogP contribution < -0.4 is 32.3 Å². The quantitative estimate of drug-likeness (QED) is 0.192. The number of hydrogen-bond donors (Lipinski definition) is 4. The molecular weight excluding hydrogens is 276 g/mol. The van der Waals surface area contributed by atoms with E-state index in [0.29, 0.717) is 13.0 Å². The summed E-state index contributed by atoms with van der Waals surface area (Å²) in [6.07, 6.45) is 0.677. The molecule has 10 nitrogen and oxygen atoms in total. The highest BCUT2D eigenvalue weighted by molar-refractivity contribution is 5.93. The zero-order chi connectivity index (χ0) is 15.1. The summed E-state index contributed by atoms with van der Waals surface area (Å²) in [4.78, 5) is 7.88. The van der Waals surface area contributed by atoms with Crippen LogP contribution in [0.25, 0.3) is 0 Å². The maximum Gasteiger partial charge on any atom is 0.261 e. The van der Waals surface area contributed by atoms with Crippen molar-refractivity contribution in [2.24, 2.45) is 37.7 Å². The van der Waals surface area contributed by atoms with E-state index < -0.39 is 0 Å². The second-order valence-corrected chi connectivity index (χ2v) is 3.97. The molecule has 0 amide bonds. The second kappa shape index (κ2) is 7.05. The van der Waals surface area contributed by atoms with Gasteiger partial charge in [0.1, 0.15) is 0 Å². The predicted molar refractivity (Wildman–Crippen MR) is 76.6 cm³/mol. The summed E-state index contributed by atoms with van der Waals surface area (Å²) in [5.74, 6) is 11.5. The predicted octanol–water partition coefficient (Wildman–Crippen LogP) is -0.582. The van der Waals surface area contributed by atoms with Gasteiger partial charge >= 0.3 is 0 Å². The number of guanidine groups is 2. The first-order valence-corrected chi connectivity index (χ1v) is 6.07. The van der Waals surface area contributed by atoms with Crippen molar-refractivity contribution >= 4 is 11.9 Å². The third kappa shape index (κ3) is 4.04. The molecule has 7 N–H and O–H groups in total. The van der Waals surface area contributed by atoms with Gasteiger partial charge in [-0.05, 0) is 24.1 Å². The summed E-state index contributed by atoms with van der Waals surface area (Å²) in [6.45, 7) is 0.704. The number of nitrogens with zero attached hydrogens (tertiary/aromatic N) is 4. The van der Waals surface area contributed by atoms with Crippen molar-refractivity contribution in [2.45, 2.75) is 6.42 Å². The van der Waals surface area contributed by atoms with Gasteiger partial charge in [0.05, 0.1) is 0 Å². The van der Waals surface area contributed by atoms with Crippen LogP contribution in [0, 0.1) is 0 Å². The second-order valence-electron chi connectivity index (χ2n) is 3.97. The molecule has 1 aromatic rings. The van der Waals surface area contributed by atoms with E-state index in [1.165, 1.54) is 0 Å². The largest absolute Gasteiger partial charge is 0.454 e. The molecule has 0 spiro atoms. The number of hydrogen-bond acceptors (Lipinski definition) is 5. The lowest BCUT2D eigenvalue weighted by Crippen LogP contribution is -2.30. The summed E-state index contributed by atoms with van der Waals surface area (Å²) in [6, 6.07) is 5.71. The van der Waals surface area contributed by atoms with E-state index in [4.69, 9.17) is 26.9 Å². The lowest BCUT2D eigenvalue weighted by atomic mass is 10.1. The van der Waals surface area contributed by atoms with Gasteiger partial charge in [-0.15, -0.1) is 0 Å². The van der Waals surface area contributed by atoms with E-state index in [9.17, 15) is 0 Å². The van der Waals surface area contributed by atoms with Crippen LogP contribution in [0.2, 0.25) is 0 Å². The van der Waals surface area contributed by atoms with Crippen molar-refractivity contribution in [2.75, 3.05) is 13.3 Å². The number of fused-ring (bicyclic) bond motifs is 1. The molecular formula is C11H16N8O2. The molecule has 0 fully saturated rings. The molecule has 21 heavy (non-hydrogen) atoms. The fourth-order valence-corrected chi connectivity index (χ4v) is 1.68. The van der Waals surface area contributed by atoms with Crippen molar-refractivity contribution in [3.63, 3.8) is 0 Å². The third-order valence-electron chi connectivity index (χ3n) is 2.61. The zero-order valence-corrected chi connectivity index (χ0v) is 11.2. The Labute approximate surface area is 120 Å². The van der Waals surface area contributed by atoms with Gasteiger partial charge < -0.3 is 21.1 Å². The van der Waals surface area contributed by atoms with Crippen LogP contribution in [0.1, 0.15) is 5.56 Å². The Morgan fingerprint density at radius 1 is 1.29 bits per heavy atom. The van der Waals surface area contributed by atoms with Gasteiger partial charge in [0.25, 0.3) is 5.96 Å². The molecule has 0 saturated carbocycles. The van der Waals surface area contributed by atoms with Crippen molar-refractivity contribution in [3.05, 3.63) is 23.8 Å². The minimum atomic E-state index is -0.0261. The molecule has 0 saturated heterocycles. The number of nitrogens with one attached hydrogen (secondary N) is 1. The van der Waals surface area contributed by atoms with Crippen LogP contribution in [-0.4, -0.2) is 25.3 Å². The summed E-state index contributed by atoms with van der Waals surface area (Å²) < 4.78 is 10.5. The van der Waals surface area contributed by atoms with E-state index >= 15 is 0 Å². The molecule has 1 heterocycles. The molecule has 0 radical (unpaired) electrons. The molecule has 112 valence electrons. The SMILES string of the molecule is NN=NC(=NC(N)=NCCc1ccc2c(c1)OCO2)NN. The normalized spacial score (nSPS) is 14.7. The molecule has 0 bridgehead atoms. The monoisotopic (exact) mass is 292 g/mol. The van der Waals surface area contributed by atoms with E-state index in [-0.39, 0.29) is 18.7 Å². The summed E-state index contributed by atoms with van der Waals surface area (Å²) in [5, 5.41) is 6.45. The molecule has 0 aromatic heterocycles. The Kier molecular flexibility index (Phi) is 4.88. The number of rotatable bonds is 3. The van der Waals surface area contributed by atoms with Crippen molar-refractivity contribution in [3.8, 4) is 11.5 Å². The number of nitrogens with two attached hydrogens (primary N) is 3. The molecule has 1 aromatic carbocycles. The van der Waals surface area contributed by atoms with Crippen molar-refractivity contribution in [1.29, 1.82) is 0 Å². The lowest BCUT2D eigenvalue weighted by Gasteiger charge is -2.01. The highest BCUT2D eigenvalue weighted by atomic mass is 16.7. The van der Waals surface area contributed by atoms with Crippen LogP contribution in [-0.2, 0) is 6.42 Å². The minimum absolute atomic E-state index is 0.0242. The Morgan fingerprint density at radius 3 is 2.86 bits per heavy atom. The van der Waals surface area contributed by atoms with E-state index in [0.717, 1.165) is 17.1 Å². The third-order valence-corrected chi connectivity index (χ3v) is 2.61. The number of benzene rings is 1. The van der Waals surface area contributed by atoms with Crippen LogP contribution in [0.3, 0.4) is 0 Å². The van der Waals surface area contributed by atoms with Gasteiger partial charge in [0.2, 0.25) is 12.8 Å². The van der Waals surface area contributed by atoms with Gasteiger partial charge in [0.15, 0.2) is 11.5 Å². The average molecular weight is 292 g/mol. The van der Waals surface area contributed by atoms with Crippen LogP contribution >= 0.6 is 0 Å².